The minimum atomic E-state index is 0.260. The topological polar surface area (TPSA) is 26.0 Å². The first kappa shape index (κ1) is 11.2. The molecule has 0 saturated heterocycles. The highest BCUT2D eigenvalue weighted by Crippen LogP contribution is 2.51. The zero-order chi connectivity index (χ0) is 11.4. The van der Waals surface area contributed by atoms with Gasteiger partial charge in [0, 0.05) is 17.9 Å². The highest BCUT2D eigenvalue weighted by atomic mass is 14.7. The molecule has 0 aromatic heterocycles. The van der Waals surface area contributed by atoms with Crippen molar-refractivity contribution in [3.8, 4) is 11.8 Å². The summed E-state index contributed by atoms with van der Waals surface area (Å²) in [7, 11) is 0. The summed E-state index contributed by atoms with van der Waals surface area (Å²) in [6.07, 6.45) is 4.40. The lowest BCUT2D eigenvalue weighted by Crippen LogP contribution is -2.34. The second kappa shape index (κ2) is 4.72. The molecule has 1 unspecified atom stereocenters. The molecule has 1 fully saturated rings. The second-order valence-corrected chi connectivity index (χ2v) is 4.59. The van der Waals surface area contributed by atoms with Gasteiger partial charge in [0.05, 0.1) is 0 Å². The van der Waals surface area contributed by atoms with E-state index in [0.29, 0.717) is 0 Å². The summed E-state index contributed by atoms with van der Waals surface area (Å²) < 4.78 is 0. The van der Waals surface area contributed by atoms with Crippen molar-refractivity contribution in [2.75, 3.05) is 0 Å². The molecule has 0 radical (unpaired) electrons. The Labute approximate surface area is 98.0 Å². The SMILES string of the molecule is CC#CCCC(N)C1(c2ccccc2)CC1. The van der Waals surface area contributed by atoms with Crippen molar-refractivity contribution >= 4 is 0 Å². The fraction of sp³-hybridized carbons (Fsp3) is 0.467. The molecule has 2 rings (SSSR count). The molecule has 1 aliphatic rings. The normalized spacial score (nSPS) is 18.4. The Morgan fingerprint density at radius 3 is 2.56 bits per heavy atom. The molecule has 0 heterocycles. The summed E-state index contributed by atoms with van der Waals surface area (Å²) in [6.45, 7) is 1.88. The maximum Gasteiger partial charge on any atom is 0.0145 e. The van der Waals surface area contributed by atoms with Crippen LogP contribution < -0.4 is 5.73 Å². The van der Waals surface area contributed by atoms with E-state index in [1.165, 1.54) is 18.4 Å². The van der Waals surface area contributed by atoms with E-state index >= 15 is 0 Å². The number of hydrogen-bond acceptors (Lipinski definition) is 1. The molecular weight excluding hydrogens is 194 g/mol. The van der Waals surface area contributed by atoms with E-state index < -0.39 is 0 Å². The van der Waals surface area contributed by atoms with Gasteiger partial charge in [-0.15, -0.1) is 11.8 Å². The molecule has 1 aromatic carbocycles. The van der Waals surface area contributed by atoms with Crippen LogP contribution >= 0.6 is 0 Å². The first-order valence-electron chi connectivity index (χ1n) is 6.00. The summed E-state index contributed by atoms with van der Waals surface area (Å²) in [5.41, 5.74) is 7.99. The fourth-order valence-corrected chi connectivity index (χ4v) is 2.41. The molecule has 1 aliphatic carbocycles. The third-order valence-corrected chi connectivity index (χ3v) is 3.60. The summed E-state index contributed by atoms with van der Waals surface area (Å²) in [5, 5.41) is 0. The number of hydrogen-bond donors (Lipinski definition) is 1. The van der Waals surface area contributed by atoms with Crippen LogP contribution in [0.1, 0.15) is 38.2 Å². The molecular formula is C15H19N. The van der Waals surface area contributed by atoms with Crippen LogP contribution in [-0.2, 0) is 5.41 Å². The van der Waals surface area contributed by atoms with Crippen LogP contribution in [0.4, 0.5) is 0 Å². The first-order valence-corrected chi connectivity index (χ1v) is 6.00. The van der Waals surface area contributed by atoms with E-state index in [9.17, 15) is 0 Å². The third-order valence-electron chi connectivity index (χ3n) is 3.60. The standard InChI is InChI=1S/C15H19N/c1-2-3-5-10-14(16)15(11-12-15)13-8-6-4-7-9-13/h4,6-9,14H,5,10-12,16H2,1H3. The smallest absolute Gasteiger partial charge is 0.0145 e. The van der Waals surface area contributed by atoms with E-state index in [1.807, 2.05) is 6.92 Å². The molecule has 0 amide bonds. The van der Waals surface area contributed by atoms with Crippen LogP contribution in [0.3, 0.4) is 0 Å². The third kappa shape index (κ3) is 2.13. The van der Waals surface area contributed by atoms with Gasteiger partial charge in [-0.05, 0) is 31.7 Å². The van der Waals surface area contributed by atoms with Gasteiger partial charge in [-0.25, -0.2) is 0 Å². The van der Waals surface area contributed by atoms with Crippen molar-refractivity contribution in [1.29, 1.82) is 0 Å². The Morgan fingerprint density at radius 2 is 2.00 bits per heavy atom. The van der Waals surface area contributed by atoms with E-state index in [2.05, 4.69) is 42.2 Å². The summed E-state index contributed by atoms with van der Waals surface area (Å²) in [4.78, 5) is 0. The minimum Gasteiger partial charge on any atom is -0.327 e. The van der Waals surface area contributed by atoms with E-state index in [1.54, 1.807) is 0 Å². The van der Waals surface area contributed by atoms with Gasteiger partial charge in [-0.1, -0.05) is 30.3 Å². The predicted molar refractivity (Wildman–Crippen MR) is 68.0 cm³/mol. The van der Waals surface area contributed by atoms with Crippen molar-refractivity contribution in [2.24, 2.45) is 5.73 Å². The number of nitrogens with two attached hydrogens (primary N) is 1. The highest BCUT2D eigenvalue weighted by Gasteiger charge is 2.48. The molecule has 0 spiro atoms. The predicted octanol–water partition coefficient (Wildman–Crippen LogP) is 2.85. The highest BCUT2D eigenvalue weighted by molar-refractivity contribution is 5.33. The van der Waals surface area contributed by atoms with Gasteiger partial charge in [0.15, 0.2) is 0 Å². The molecule has 1 saturated carbocycles. The average molecular weight is 213 g/mol. The van der Waals surface area contributed by atoms with Gasteiger partial charge in [0.25, 0.3) is 0 Å². The summed E-state index contributed by atoms with van der Waals surface area (Å²) in [5.74, 6) is 6.03. The lowest BCUT2D eigenvalue weighted by atomic mass is 9.86. The van der Waals surface area contributed by atoms with Crippen molar-refractivity contribution in [3.05, 3.63) is 35.9 Å². The largest absolute Gasteiger partial charge is 0.327 e. The zero-order valence-electron chi connectivity index (χ0n) is 9.87. The van der Waals surface area contributed by atoms with E-state index in [-0.39, 0.29) is 11.5 Å². The van der Waals surface area contributed by atoms with Crippen LogP contribution in [0.2, 0.25) is 0 Å². The maximum atomic E-state index is 6.32. The van der Waals surface area contributed by atoms with Crippen LogP contribution in [0.5, 0.6) is 0 Å². The molecule has 84 valence electrons. The molecule has 1 atom stereocenters. The Hall–Kier alpha value is -1.26. The zero-order valence-corrected chi connectivity index (χ0v) is 9.87. The average Bonchev–Trinajstić information content (AvgIpc) is 3.12. The molecule has 16 heavy (non-hydrogen) atoms. The van der Waals surface area contributed by atoms with Crippen molar-refractivity contribution in [3.63, 3.8) is 0 Å². The number of benzene rings is 1. The van der Waals surface area contributed by atoms with Gasteiger partial charge >= 0.3 is 0 Å². The Morgan fingerprint density at radius 1 is 1.31 bits per heavy atom. The first-order chi connectivity index (χ1) is 7.79. The van der Waals surface area contributed by atoms with Gasteiger partial charge in [-0.2, -0.15) is 0 Å². The van der Waals surface area contributed by atoms with Gasteiger partial charge in [-0.3, -0.25) is 0 Å². The maximum absolute atomic E-state index is 6.32. The number of rotatable bonds is 4. The lowest BCUT2D eigenvalue weighted by molar-refractivity contribution is 0.491. The lowest BCUT2D eigenvalue weighted by Gasteiger charge is -2.23. The second-order valence-electron chi connectivity index (χ2n) is 4.59. The van der Waals surface area contributed by atoms with Crippen LogP contribution in [0.25, 0.3) is 0 Å². The van der Waals surface area contributed by atoms with Gasteiger partial charge in [0.1, 0.15) is 0 Å². The fourth-order valence-electron chi connectivity index (χ4n) is 2.41. The molecule has 2 N–H and O–H groups in total. The van der Waals surface area contributed by atoms with E-state index in [4.69, 9.17) is 5.73 Å². The quantitative estimate of drug-likeness (QED) is 0.765. The monoisotopic (exact) mass is 213 g/mol. The van der Waals surface area contributed by atoms with Crippen LogP contribution in [0.15, 0.2) is 30.3 Å². The van der Waals surface area contributed by atoms with Crippen molar-refractivity contribution in [2.45, 2.75) is 44.1 Å². The van der Waals surface area contributed by atoms with Crippen molar-refractivity contribution in [1.82, 2.24) is 0 Å². The van der Waals surface area contributed by atoms with Gasteiger partial charge in [0.2, 0.25) is 0 Å². The molecule has 1 heteroatoms. The summed E-state index contributed by atoms with van der Waals surface area (Å²) >= 11 is 0. The molecule has 1 aromatic rings. The van der Waals surface area contributed by atoms with Crippen LogP contribution in [0, 0.1) is 11.8 Å². The summed E-state index contributed by atoms with van der Waals surface area (Å²) in [6, 6.07) is 10.9. The van der Waals surface area contributed by atoms with Crippen molar-refractivity contribution < 1.29 is 0 Å². The Kier molecular flexibility index (Phi) is 3.31. The Bertz CT molecular complexity index is 392. The Balaban J connectivity index is 2.04. The van der Waals surface area contributed by atoms with Gasteiger partial charge < -0.3 is 5.73 Å². The van der Waals surface area contributed by atoms with E-state index in [0.717, 1.165) is 12.8 Å². The molecule has 0 bridgehead atoms. The molecule has 1 nitrogen and oxygen atoms in total. The van der Waals surface area contributed by atoms with Crippen LogP contribution in [-0.4, -0.2) is 6.04 Å². The molecule has 0 aliphatic heterocycles. The minimum absolute atomic E-state index is 0.260.